The first-order valence-electron chi connectivity index (χ1n) is 7.52. The highest BCUT2D eigenvalue weighted by atomic mass is 16.3. The number of aliphatic hydroxyl groups excluding tert-OH is 1. The lowest BCUT2D eigenvalue weighted by molar-refractivity contribution is 0.127. The molecular weight excluding hydrogens is 268 g/mol. The molecule has 0 aromatic carbocycles. The van der Waals surface area contributed by atoms with Crippen LogP contribution in [0, 0.1) is 5.41 Å². The zero-order valence-electron chi connectivity index (χ0n) is 13.8. The Morgan fingerprint density at radius 2 is 1.57 bits per heavy atom. The standard InChI is InChI=1S/C14H28N6O/c1-6-14(7-2,10-21)9-16-12-17-11(15-8-3)18-13(19-12)20(4)5/h21H,6-10H2,1-5H3,(H2,15,16,17,18,19). The maximum atomic E-state index is 9.62. The first-order chi connectivity index (χ1) is 10.00. The van der Waals surface area contributed by atoms with Gasteiger partial charge >= 0.3 is 0 Å². The van der Waals surface area contributed by atoms with Gasteiger partial charge < -0.3 is 20.6 Å². The second kappa shape index (κ2) is 7.97. The first kappa shape index (κ1) is 17.4. The molecule has 0 bridgehead atoms. The van der Waals surface area contributed by atoms with E-state index in [0.717, 1.165) is 19.4 Å². The van der Waals surface area contributed by atoms with Crippen LogP contribution in [0.2, 0.25) is 0 Å². The molecule has 0 aliphatic carbocycles. The van der Waals surface area contributed by atoms with Gasteiger partial charge in [0.2, 0.25) is 17.8 Å². The lowest BCUT2D eigenvalue weighted by Gasteiger charge is -2.29. The quantitative estimate of drug-likeness (QED) is 0.638. The lowest BCUT2D eigenvalue weighted by atomic mass is 9.83. The molecule has 21 heavy (non-hydrogen) atoms. The highest BCUT2D eigenvalue weighted by Gasteiger charge is 2.25. The van der Waals surface area contributed by atoms with Gasteiger partial charge in [-0.25, -0.2) is 0 Å². The second-order valence-corrected chi connectivity index (χ2v) is 5.43. The molecule has 0 unspecified atom stereocenters. The summed E-state index contributed by atoms with van der Waals surface area (Å²) in [4.78, 5) is 14.9. The maximum Gasteiger partial charge on any atom is 0.231 e. The fourth-order valence-corrected chi connectivity index (χ4v) is 1.93. The molecule has 0 radical (unpaired) electrons. The Bertz CT molecular complexity index is 425. The molecule has 0 aliphatic rings. The van der Waals surface area contributed by atoms with Crippen LogP contribution in [-0.2, 0) is 0 Å². The average molecular weight is 296 g/mol. The highest BCUT2D eigenvalue weighted by Crippen LogP contribution is 2.25. The minimum atomic E-state index is -0.136. The Balaban J connectivity index is 2.91. The van der Waals surface area contributed by atoms with Crippen molar-refractivity contribution >= 4 is 17.8 Å². The summed E-state index contributed by atoms with van der Waals surface area (Å²) in [5.74, 6) is 1.69. The normalized spacial score (nSPS) is 11.3. The number of anilines is 3. The number of rotatable bonds is 9. The molecule has 0 atom stereocenters. The summed E-state index contributed by atoms with van der Waals surface area (Å²) < 4.78 is 0. The zero-order valence-corrected chi connectivity index (χ0v) is 13.8. The van der Waals surface area contributed by atoms with Crippen LogP contribution in [0.15, 0.2) is 0 Å². The molecule has 120 valence electrons. The van der Waals surface area contributed by atoms with Gasteiger partial charge in [-0.2, -0.15) is 15.0 Å². The predicted molar refractivity (Wildman–Crippen MR) is 86.9 cm³/mol. The van der Waals surface area contributed by atoms with Gasteiger partial charge in [-0.05, 0) is 19.8 Å². The van der Waals surface area contributed by atoms with E-state index in [4.69, 9.17) is 0 Å². The summed E-state index contributed by atoms with van der Waals surface area (Å²) >= 11 is 0. The van der Waals surface area contributed by atoms with E-state index in [1.807, 2.05) is 25.9 Å². The van der Waals surface area contributed by atoms with Crippen LogP contribution in [0.5, 0.6) is 0 Å². The fraction of sp³-hybridized carbons (Fsp3) is 0.786. The number of nitrogens with one attached hydrogen (secondary N) is 2. The smallest absolute Gasteiger partial charge is 0.231 e. The van der Waals surface area contributed by atoms with Crippen molar-refractivity contribution in [3.05, 3.63) is 0 Å². The topological polar surface area (TPSA) is 86.2 Å². The van der Waals surface area contributed by atoms with Gasteiger partial charge in [-0.15, -0.1) is 0 Å². The van der Waals surface area contributed by atoms with Crippen LogP contribution in [0.4, 0.5) is 17.8 Å². The Hall–Kier alpha value is -1.63. The molecule has 7 nitrogen and oxygen atoms in total. The van der Waals surface area contributed by atoms with E-state index < -0.39 is 0 Å². The van der Waals surface area contributed by atoms with Crippen molar-refractivity contribution in [3.63, 3.8) is 0 Å². The first-order valence-corrected chi connectivity index (χ1v) is 7.52. The van der Waals surface area contributed by atoms with Crippen molar-refractivity contribution in [1.29, 1.82) is 0 Å². The summed E-state index contributed by atoms with van der Waals surface area (Å²) in [6, 6.07) is 0. The van der Waals surface area contributed by atoms with Gasteiger partial charge in [0.1, 0.15) is 0 Å². The molecule has 0 saturated heterocycles. The average Bonchev–Trinajstić information content (AvgIpc) is 2.49. The molecule has 7 heteroatoms. The summed E-state index contributed by atoms with van der Waals surface area (Å²) in [7, 11) is 3.79. The third kappa shape index (κ3) is 4.70. The molecule has 1 aromatic rings. The maximum absolute atomic E-state index is 9.62. The van der Waals surface area contributed by atoms with Crippen molar-refractivity contribution in [2.24, 2.45) is 5.41 Å². The van der Waals surface area contributed by atoms with Gasteiger partial charge in [-0.3, -0.25) is 0 Å². The van der Waals surface area contributed by atoms with Crippen LogP contribution in [0.1, 0.15) is 33.6 Å². The van der Waals surface area contributed by atoms with Crippen LogP contribution in [0.25, 0.3) is 0 Å². The molecular formula is C14H28N6O. The minimum absolute atomic E-state index is 0.136. The Labute approximate surface area is 127 Å². The Morgan fingerprint density at radius 3 is 2.00 bits per heavy atom. The number of hydrogen-bond donors (Lipinski definition) is 3. The highest BCUT2D eigenvalue weighted by molar-refractivity contribution is 5.43. The van der Waals surface area contributed by atoms with E-state index >= 15 is 0 Å². The van der Waals surface area contributed by atoms with Crippen LogP contribution in [0.3, 0.4) is 0 Å². The van der Waals surface area contributed by atoms with Gasteiger partial charge in [0, 0.05) is 32.6 Å². The summed E-state index contributed by atoms with van der Waals surface area (Å²) in [5, 5.41) is 16.0. The van der Waals surface area contributed by atoms with Gasteiger partial charge in [0.15, 0.2) is 0 Å². The minimum Gasteiger partial charge on any atom is -0.396 e. The zero-order chi connectivity index (χ0) is 15.9. The molecule has 1 rings (SSSR count). The Kier molecular flexibility index (Phi) is 6.61. The number of aromatic nitrogens is 3. The molecule has 0 saturated carbocycles. The predicted octanol–water partition coefficient (Wildman–Crippen LogP) is 1.58. The van der Waals surface area contributed by atoms with Crippen molar-refractivity contribution < 1.29 is 5.11 Å². The van der Waals surface area contributed by atoms with Crippen LogP contribution < -0.4 is 15.5 Å². The number of hydrogen-bond acceptors (Lipinski definition) is 7. The van der Waals surface area contributed by atoms with E-state index in [1.54, 1.807) is 0 Å². The number of nitrogens with zero attached hydrogens (tertiary/aromatic N) is 4. The molecule has 0 spiro atoms. The van der Waals surface area contributed by atoms with Crippen molar-refractivity contribution in [2.75, 3.05) is 49.3 Å². The van der Waals surface area contributed by atoms with Crippen LogP contribution in [-0.4, -0.2) is 53.9 Å². The SMILES string of the molecule is CCNc1nc(NCC(CC)(CC)CO)nc(N(C)C)n1. The molecule has 0 aliphatic heterocycles. The van der Waals surface area contributed by atoms with Crippen molar-refractivity contribution in [3.8, 4) is 0 Å². The third-order valence-electron chi connectivity index (χ3n) is 3.82. The van der Waals surface area contributed by atoms with Crippen molar-refractivity contribution in [1.82, 2.24) is 15.0 Å². The van der Waals surface area contributed by atoms with E-state index in [2.05, 4.69) is 39.4 Å². The second-order valence-electron chi connectivity index (χ2n) is 5.43. The summed E-state index contributed by atoms with van der Waals surface area (Å²) in [5.41, 5.74) is -0.136. The van der Waals surface area contributed by atoms with E-state index in [9.17, 15) is 5.11 Å². The van der Waals surface area contributed by atoms with E-state index in [0.29, 0.717) is 24.4 Å². The molecule has 3 N–H and O–H groups in total. The van der Waals surface area contributed by atoms with Gasteiger partial charge in [0.25, 0.3) is 0 Å². The summed E-state index contributed by atoms with van der Waals surface area (Å²) in [6.45, 7) is 7.71. The molecule has 0 amide bonds. The van der Waals surface area contributed by atoms with E-state index in [-0.39, 0.29) is 12.0 Å². The number of aliphatic hydroxyl groups is 1. The third-order valence-corrected chi connectivity index (χ3v) is 3.82. The van der Waals surface area contributed by atoms with Crippen molar-refractivity contribution in [2.45, 2.75) is 33.6 Å². The largest absolute Gasteiger partial charge is 0.396 e. The van der Waals surface area contributed by atoms with Gasteiger partial charge in [-0.1, -0.05) is 13.8 Å². The Morgan fingerprint density at radius 1 is 1.00 bits per heavy atom. The lowest BCUT2D eigenvalue weighted by Crippen LogP contribution is -2.33. The molecule has 0 fully saturated rings. The van der Waals surface area contributed by atoms with E-state index in [1.165, 1.54) is 0 Å². The molecule has 1 aromatic heterocycles. The monoisotopic (exact) mass is 296 g/mol. The van der Waals surface area contributed by atoms with Crippen LogP contribution >= 0.6 is 0 Å². The molecule has 1 heterocycles. The summed E-state index contributed by atoms with van der Waals surface area (Å²) in [6.07, 6.45) is 1.80. The van der Waals surface area contributed by atoms with Gasteiger partial charge in [0.05, 0.1) is 6.61 Å². The fourth-order valence-electron chi connectivity index (χ4n) is 1.93.